The van der Waals surface area contributed by atoms with Crippen LogP contribution >= 0.6 is 0 Å². The maximum Gasteiger partial charge on any atom is 0.418 e. The number of nitrogens with zero attached hydrogens (tertiary/aromatic N) is 1. The molecule has 3 aliphatic heterocycles. The minimum Gasteiger partial charge on any atom is -0.380 e. The topological polar surface area (TPSA) is 175 Å². The Balaban J connectivity index is 1.62. The van der Waals surface area contributed by atoms with Crippen molar-refractivity contribution in [2.45, 2.75) is 25.3 Å². The van der Waals surface area contributed by atoms with Gasteiger partial charge in [-0.1, -0.05) is 0 Å². The van der Waals surface area contributed by atoms with E-state index in [1.54, 1.807) is 5.48 Å². The number of ether oxygens (including phenoxy) is 1. The van der Waals surface area contributed by atoms with Crippen LogP contribution in [0, 0.1) is 11.3 Å². The van der Waals surface area contributed by atoms with E-state index in [4.69, 9.17) is 9.29 Å². The predicted octanol–water partition coefficient (Wildman–Crippen LogP) is -2.33. The molecule has 3 saturated heterocycles. The van der Waals surface area contributed by atoms with Crippen molar-refractivity contribution in [3.63, 3.8) is 0 Å². The van der Waals surface area contributed by atoms with Crippen LogP contribution in [0.4, 0.5) is 4.79 Å². The maximum atomic E-state index is 12.6. The fourth-order valence-corrected chi connectivity index (χ4v) is 3.78. The van der Waals surface area contributed by atoms with E-state index in [2.05, 4.69) is 20.5 Å². The van der Waals surface area contributed by atoms with Crippen LogP contribution in [0.2, 0.25) is 0 Å². The van der Waals surface area contributed by atoms with Gasteiger partial charge in [-0.05, 0) is 25.8 Å². The van der Waals surface area contributed by atoms with E-state index in [1.165, 1.54) is 0 Å². The van der Waals surface area contributed by atoms with Crippen LogP contribution < -0.4 is 21.6 Å². The van der Waals surface area contributed by atoms with Gasteiger partial charge in [0.1, 0.15) is 6.04 Å². The molecule has 1 spiro atoms. The summed E-state index contributed by atoms with van der Waals surface area (Å²) in [6.45, 7) is 2.29. The lowest BCUT2D eigenvalue weighted by molar-refractivity contribution is -0.157. The van der Waals surface area contributed by atoms with Crippen molar-refractivity contribution in [1.82, 2.24) is 26.5 Å². The number of rotatable bonds is 4. The van der Waals surface area contributed by atoms with Crippen molar-refractivity contribution in [3.8, 4) is 0 Å². The number of amides is 4. The van der Waals surface area contributed by atoms with Gasteiger partial charge < -0.3 is 15.0 Å². The average Bonchev–Trinajstić information content (AvgIpc) is 3.16. The van der Waals surface area contributed by atoms with E-state index in [0.717, 1.165) is 11.4 Å². The molecule has 158 valence electrons. The van der Waals surface area contributed by atoms with Gasteiger partial charge in [-0.25, -0.2) is 4.79 Å². The highest BCUT2D eigenvalue weighted by molar-refractivity contribution is 7.80. The van der Waals surface area contributed by atoms with Crippen LogP contribution in [0.1, 0.15) is 19.3 Å². The third-order valence-corrected chi connectivity index (χ3v) is 5.53. The molecule has 3 fully saturated rings. The zero-order valence-electron chi connectivity index (χ0n) is 15.0. The monoisotopic (exact) mass is 421 g/mol. The van der Waals surface area contributed by atoms with Crippen molar-refractivity contribution in [3.05, 3.63) is 0 Å². The Bertz CT molecular complexity index is 734. The van der Waals surface area contributed by atoms with Crippen molar-refractivity contribution in [2.75, 3.05) is 32.8 Å². The second kappa shape index (κ2) is 8.16. The highest BCUT2D eigenvalue weighted by atomic mass is 32.3. The zero-order valence-corrected chi connectivity index (χ0v) is 15.8. The van der Waals surface area contributed by atoms with Crippen LogP contribution in [0.25, 0.3) is 0 Å². The maximum absolute atomic E-state index is 12.6. The minimum atomic E-state index is -4.88. The zero-order chi connectivity index (χ0) is 20.4. The quantitative estimate of drug-likeness (QED) is 0.246. The first-order chi connectivity index (χ1) is 13.2. The smallest absolute Gasteiger partial charge is 0.380 e. The molecule has 2 atom stereocenters. The molecule has 0 aromatic heterocycles. The third-order valence-electron chi connectivity index (χ3n) is 5.24. The van der Waals surface area contributed by atoms with E-state index < -0.39 is 28.4 Å². The molecule has 13 nitrogen and oxygen atoms in total. The molecule has 0 aliphatic carbocycles. The molecule has 0 radical (unpaired) electrons. The molecule has 0 saturated carbocycles. The Hall–Kier alpha value is -2.00. The van der Waals surface area contributed by atoms with Crippen molar-refractivity contribution in [1.29, 1.82) is 0 Å². The molecule has 3 aliphatic rings. The summed E-state index contributed by atoms with van der Waals surface area (Å²) in [7, 11) is -4.88. The Morgan fingerprint density at radius 1 is 1.21 bits per heavy atom. The third kappa shape index (κ3) is 4.88. The van der Waals surface area contributed by atoms with Crippen molar-refractivity contribution < 1.29 is 36.4 Å². The molecule has 5 N–H and O–H groups in total. The number of hydrogen-bond donors (Lipinski definition) is 5. The number of piperidine rings is 1. The van der Waals surface area contributed by atoms with E-state index >= 15 is 0 Å². The van der Waals surface area contributed by atoms with Crippen LogP contribution in [-0.4, -0.2) is 74.6 Å². The summed E-state index contributed by atoms with van der Waals surface area (Å²) >= 11 is 0. The highest BCUT2D eigenvalue weighted by Gasteiger charge is 2.48. The van der Waals surface area contributed by atoms with Crippen LogP contribution in [0.15, 0.2) is 0 Å². The van der Waals surface area contributed by atoms with Gasteiger partial charge in [0.05, 0.1) is 19.1 Å². The van der Waals surface area contributed by atoms with E-state index in [9.17, 15) is 22.8 Å². The van der Waals surface area contributed by atoms with Crippen LogP contribution in [0.5, 0.6) is 0 Å². The molecule has 1 unspecified atom stereocenters. The number of nitrogens with one attached hydrogen (secondary N) is 4. The lowest BCUT2D eigenvalue weighted by Gasteiger charge is -2.49. The van der Waals surface area contributed by atoms with Gasteiger partial charge in [0.2, 0.25) is 5.91 Å². The number of hydrazine groups is 1. The molecule has 14 heteroatoms. The van der Waals surface area contributed by atoms with Crippen molar-refractivity contribution in [2.24, 2.45) is 11.3 Å². The standard InChI is InChI=1S/C14H23N5O8S/c20-11(9-1-3-15-6-9)16-17-12(21)10-5-14(7-26-8-14)2-4-19(10)13(22)18-27-28(23,24)25/h9-10,15H,1-8H2,(H,16,20)(H,17,21)(H,18,22)(H,23,24,25)/t9?,10-/m0/s1. The second-order valence-corrected chi connectivity index (χ2v) is 8.26. The number of hydroxylamine groups is 1. The fraction of sp³-hybridized carbons (Fsp3) is 0.786. The molecular weight excluding hydrogens is 398 g/mol. The van der Waals surface area contributed by atoms with E-state index in [-0.39, 0.29) is 30.2 Å². The van der Waals surface area contributed by atoms with Gasteiger partial charge in [0.15, 0.2) is 0 Å². The molecular formula is C14H23N5O8S. The largest absolute Gasteiger partial charge is 0.418 e. The first-order valence-corrected chi connectivity index (χ1v) is 10.2. The molecule has 3 heterocycles. The Kier molecular flexibility index (Phi) is 6.04. The lowest BCUT2D eigenvalue weighted by atomic mass is 9.73. The summed E-state index contributed by atoms with van der Waals surface area (Å²) in [5, 5.41) is 3.05. The van der Waals surface area contributed by atoms with Gasteiger partial charge >= 0.3 is 16.4 Å². The summed E-state index contributed by atoms with van der Waals surface area (Å²) in [4.78, 5) is 38.0. The number of carbonyl (C=O) groups excluding carboxylic acids is 3. The molecule has 28 heavy (non-hydrogen) atoms. The van der Waals surface area contributed by atoms with Gasteiger partial charge in [0.25, 0.3) is 5.91 Å². The summed E-state index contributed by atoms with van der Waals surface area (Å²) in [6, 6.07) is -1.98. The summed E-state index contributed by atoms with van der Waals surface area (Å²) in [5.74, 6) is -1.20. The first kappa shape index (κ1) is 20.7. The van der Waals surface area contributed by atoms with Crippen LogP contribution in [-0.2, 0) is 29.0 Å². The average molecular weight is 421 g/mol. The Labute approximate surface area is 161 Å². The van der Waals surface area contributed by atoms with Crippen LogP contribution in [0.3, 0.4) is 0 Å². The molecule has 0 aromatic carbocycles. The normalized spacial score (nSPS) is 26.4. The number of urea groups is 1. The number of likely N-dealkylation sites (tertiary alicyclic amines) is 1. The van der Waals surface area contributed by atoms with Gasteiger partial charge in [0, 0.05) is 18.5 Å². The molecule has 0 aromatic rings. The Morgan fingerprint density at radius 2 is 1.93 bits per heavy atom. The number of carbonyl (C=O) groups is 3. The summed E-state index contributed by atoms with van der Waals surface area (Å²) < 4.78 is 39.0. The summed E-state index contributed by atoms with van der Waals surface area (Å²) in [6.07, 6.45) is 1.49. The molecule has 0 bridgehead atoms. The van der Waals surface area contributed by atoms with E-state index in [1.807, 2.05) is 0 Å². The van der Waals surface area contributed by atoms with Gasteiger partial charge in [-0.3, -0.25) is 25.0 Å². The summed E-state index contributed by atoms with van der Waals surface area (Å²) in [5.41, 5.74) is 6.04. The van der Waals surface area contributed by atoms with E-state index in [0.29, 0.717) is 32.6 Å². The van der Waals surface area contributed by atoms with Crippen molar-refractivity contribution >= 4 is 28.2 Å². The minimum absolute atomic E-state index is 0.141. The highest BCUT2D eigenvalue weighted by Crippen LogP contribution is 2.41. The Morgan fingerprint density at radius 3 is 2.50 bits per heavy atom. The first-order valence-electron chi connectivity index (χ1n) is 8.80. The second-order valence-electron chi connectivity index (χ2n) is 7.24. The lowest BCUT2D eigenvalue weighted by Crippen LogP contribution is -2.63. The molecule has 3 rings (SSSR count). The van der Waals surface area contributed by atoms with Gasteiger partial charge in [-0.15, -0.1) is 4.28 Å². The number of hydrogen-bond acceptors (Lipinski definition) is 8. The predicted molar refractivity (Wildman–Crippen MR) is 91.4 cm³/mol. The molecule has 4 amide bonds. The van der Waals surface area contributed by atoms with Gasteiger partial charge in [-0.2, -0.15) is 13.9 Å². The fourth-order valence-electron chi connectivity index (χ4n) is 3.60. The SMILES string of the molecule is O=C(NNC(=O)[C@@H]1CC2(CCN1C(=O)NOS(=O)(=O)O)COC2)C1CCNC1.